The van der Waals surface area contributed by atoms with Gasteiger partial charge in [0.15, 0.2) is 0 Å². The molecule has 1 aromatic heterocycles. The predicted octanol–water partition coefficient (Wildman–Crippen LogP) is 1.21. The maximum absolute atomic E-state index is 12.6. The Morgan fingerprint density at radius 3 is 3.00 bits per heavy atom. The van der Waals surface area contributed by atoms with Crippen molar-refractivity contribution in [2.24, 2.45) is 0 Å². The number of nitrogens with zero attached hydrogens (tertiary/aromatic N) is 4. The molecule has 1 aliphatic rings. The molecule has 1 saturated heterocycles. The van der Waals surface area contributed by atoms with Gasteiger partial charge in [-0.3, -0.25) is 4.79 Å². The first kappa shape index (κ1) is 13.9. The normalized spacial score (nSPS) is 19.6. The molecular formula is C14H22N4O. The largest absolute Gasteiger partial charge is 0.337 e. The number of aryl methyl sites for hydroxylation is 1. The molecule has 5 nitrogen and oxygen atoms in total. The summed E-state index contributed by atoms with van der Waals surface area (Å²) in [7, 11) is 3.97. The summed E-state index contributed by atoms with van der Waals surface area (Å²) < 4.78 is 0. The Bertz CT molecular complexity index is 449. The van der Waals surface area contributed by atoms with Gasteiger partial charge in [-0.05, 0) is 26.4 Å². The molecule has 1 atom stereocenters. The molecule has 1 aliphatic heterocycles. The molecule has 0 bridgehead atoms. The van der Waals surface area contributed by atoms with Crippen LogP contribution in [0.4, 0.5) is 0 Å². The minimum atomic E-state index is 0.0457. The maximum Gasteiger partial charge on any atom is 0.257 e. The van der Waals surface area contributed by atoms with Crippen molar-refractivity contribution >= 4 is 5.91 Å². The molecule has 0 aliphatic carbocycles. The van der Waals surface area contributed by atoms with Gasteiger partial charge in [-0.15, -0.1) is 0 Å². The van der Waals surface area contributed by atoms with Crippen molar-refractivity contribution in [2.45, 2.75) is 32.2 Å². The van der Waals surface area contributed by atoms with Gasteiger partial charge in [0.1, 0.15) is 6.33 Å². The third-order valence-corrected chi connectivity index (χ3v) is 3.75. The van der Waals surface area contributed by atoms with Crippen LogP contribution in [0.5, 0.6) is 0 Å². The average Bonchev–Trinajstić information content (AvgIpc) is 2.85. The summed E-state index contributed by atoms with van der Waals surface area (Å²) in [5.74, 6) is 0.0457. The van der Waals surface area contributed by atoms with E-state index in [0.29, 0.717) is 11.6 Å². The lowest BCUT2D eigenvalue weighted by atomic mass is 10.1. The second-order valence-electron chi connectivity index (χ2n) is 5.25. The number of likely N-dealkylation sites (N-methyl/N-ethyl adjacent to an activating group) is 2. The van der Waals surface area contributed by atoms with E-state index in [2.05, 4.69) is 28.8 Å². The van der Waals surface area contributed by atoms with Crippen LogP contribution in [0, 0.1) is 0 Å². The van der Waals surface area contributed by atoms with E-state index < -0.39 is 0 Å². The number of hydrogen-bond donors (Lipinski definition) is 0. The highest BCUT2D eigenvalue weighted by atomic mass is 16.2. The smallest absolute Gasteiger partial charge is 0.257 e. The van der Waals surface area contributed by atoms with Gasteiger partial charge in [0.25, 0.3) is 5.91 Å². The van der Waals surface area contributed by atoms with Crippen LogP contribution in [0.1, 0.15) is 35.8 Å². The van der Waals surface area contributed by atoms with Gasteiger partial charge in [0, 0.05) is 25.8 Å². The number of carbonyl (C=O) groups excluding carboxylic acids is 1. The van der Waals surface area contributed by atoms with Crippen molar-refractivity contribution in [1.82, 2.24) is 19.8 Å². The number of hydrogen-bond acceptors (Lipinski definition) is 4. The Balaban J connectivity index is 2.14. The molecule has 5 heteroatoms. The van der Waals surface area contributed by atoms with Crippen LogP contribution in [0.15, 0.2) is 12.5 Å². The number of amides is 1. The molecule has 0 unspecified atom stereocenters. The lowest BCUT2D eigenvalue weighted by molar-refractivity contribution is 0.0735. The maximum atomic E-state index is 12.6. The van der Waals surface area contributed by atoms with Crippen LogP contribution < -0.4 is 0 Å². The second kappa shape index (κ2) is 6.10. The lowest BCUT2D eigenvalue weighted by Crippen LogP contribution is -2.39. The third-order valence-electron chi connectivity index (χ3n) is 3.75. The van der Waals surface area contributed by atoms with Crippen molar-refractivity contribution in [2.75, 3.05) is 27.2 Å². The minimum absolute atomic E-state index is 0.0457. The minimum Gasteiger partial charge on any atom is -0.337 e. The highest BCUT2D eigenvalue weighted by Gasteiger charge is 2.28. The van der Waals surface area contributed by atoms with E-state index in [1.54, 1.807) is 6.20 Å². The lowest BCUT2D eigenvalue weighted by Gasteiger charge is -2.25. The zero-order valence-corrected chi connectivity index (χ0v) is 12.0. The summed E-state index contributed by atoms with van der Waals surface area (Å²) in [6.07, 6.45) is 6.01. The van der Waals surface area contributed by atoms with Gasteiger partial charge in [-0.25, -0.2) is 9.97 Å². The van der Waals surface area contributed by atoms with Crippen LogP contribution in [0.25, 0.3) is 0 Å². The van der Waals surface area contributed by atoms with E-state index in [9.17, 15) is 4.79 Å². The van der Waals surface area contributed by atoms with E-state index in [1.807, 2.05) is 11.9 Å². The second-order valence-corrected chi connectivity index (χ2v) is 5.25. The van der Waals surface area contributed by atoms with Gasteiger partial charge in [-0.1, -0.05) is 13.3 Å². The van der Waals surface area contributed by atoms with E-state index in [1.165, 1.54) is 6.33 Å². The first-order valence-electron chi connectivity index (χ1n) is 6.88. The fourth-order valence-electron chi connectivity index (χ4n) is 2.55. The highest BCUT2D eigenvalue weighted by Crippen LogP contribution is 2.16. The number of aromatic nitrogens is 2. The van der Waals surface area contributed by atoms with Crippen molar-refractivity contribution in [3.8, 4) is 0 Å². The van der Waals surface area contributed by atoms with Crippen LogP contribution in [0.2, 0.25) is 0 Å². The van der Waals surface area contributed by atoms with Crippen LogP contribution in [-0.4, -0.2) is 58.9 Å². The SMILES string of the molecule is CCCc1ncncc1C(=O)N(C)[C@@H]1CCN(C)C1. The Morgan fingerprint density at radius 1 is 1.58 bits per heavy atom. The summed E-state index contributed by atoms with van der Waals surface area (Å²) in [6.45, 7) is 4.08. The van der Waals surface area contributed by atoms with Crippen LogP contribution in [-0.2, 0) is 6.42 Å². The number of carbonyl (C=O) groups is 1. The van der Waals surface area contributed by atoms with Crippen molar-refractivity contribution in [3.05, 3.63) is 23.8 Å². The van der Waals surface area contributed by atoms with E-state index in [0.717, 1.165) is 38.0 Å². The highest BCUT2D eigenvalue weighted by molar-refractivity contribution is 5.95. The average molecular weight is 262 g/mol. The molecule has 1 aromatic rings. The molecule has 0 radical (unpaired) electrons. The monoisotopic (exact) mass is 262 g/mol. The molecule has 0 spiro atoms. The molecule has 2 rings (SSSR count). The van der Waals surface area contributed by atoms with E-state index in [-0.39, 0.29) is 5.91 Å². The fourth-order valence-corrected chi connectivity index (χ4v) is 2.55. The predicted molar refractivity (Wildman–Crippen MR) is 74.0 cm³/mol. The molecule has 0 aromatic carbocycles. The topological polar surface area (TPSA) is 49.3 Å². The molecule has 104 valence electrons. The Labute approximate surface area is 114 Å². The molecule has 1 fully saturated rings. The van der Waals surface area contributed by atoms with Crippen molar-refractivity contribution in [1.29, 1.82) is 0 Å². The summed E-state index contributed by atoms with van der Waals surface area (Å²) in [4.78, 5) is 24.9. The molecule has 19 heavy (non-hydrogen) atoms. The van der Waals surface area contributed by atoms with Crippen molar-refractivity contribution < 1.29 is 4.79 Å². The zero-order valence-electron chi connectivity index (χ0n) is 12.0. The molecule has 0 saturated carbocycles. The Hall–Kier alpha value is -1.49. The summed E-state index contributed by atoms with van der Waals surface area (Å²) in [6, 6.07) is 0.298. The van der Waals surface area contributed by atoms with Gasteiger partial charge in [-0.2, -0.15) is 0 Å². The third kappa shape index (κ3) is 3.10. The van der Waals surface area contributed by atoms with Gasteiger partial charge in [0.2, 0.25) is 0 Å². The zero-order chi connectivity index (χ0) is 13.8. The number of rotatable bonds is 4. The van der Waals surface area contributed by atoms with Crippen LogP contribution >= 0.6 is 0 Å². The van der Waals surface area contributed by atoms with E-state index >= 15 is 0 Å². The summed E-state index contributed by atoms with van der Waals surface area (Å²) >= 11 is 0. The summed E-state index contributed by atoms with van der Waals surface area (Å²) in [5.41, 5.74) is 1.52. The molecule has 2 heterocycles. The molecule has 0 N–H and O–H groups in total. The fraction of sp³-hybridized carbons (Fsp3) is 0.643. The summed E-state index contributed by atoms with van der Waals surface area (Å²) in [5, 5.41) is 0. The Morgan fingerprint density at radius 2 is 2.37 bits per heavy atom. The van der Waals surface area contributed by atoms with E-state index in [4.69, 9.17) is 0 Å². The first-order chi connectivity index (χ1) is 9.13. The van der Waals surface area contributed by atoms with Gasteiger partial charge < -0.3 is 9.80 Å². The standard InChI is InChI=1S/C14H22N4O/c1-4-5-13-12(8-15-10-16-13)14(19)18(3)11-6-7-17(2)9-11/h8,10-11H,4-7,9H2,1-3H3/t11-/m1/s1. The quantitative estimate of drug-likeness (QED) is 0.818. The molecule has 1 amide bonds. The van der Waals surface area contributed by atoms with Gasteiger partial charge >= 0.3 is 0 Å². The first-order valence-corrected chi connectivity index (χ1v) is 6.88. The Kier molecular flexibility index (Phi) is 4.47. The van der Waals surface area contributed by atoms with Crippen LogP contribution in [0.3, 0.4) is 0 Å². The molecular weight excluding hydrogens is 240 g/mol. The number of likely N-dealkylation sites (tertiary alicyclic amines) is 1. The van der Waals surface area contributed by atoms with Crippen molar-refractivity contribution in [3.63, 3.8) is 0 Å². The van der Waals surface area contributed by atoms with Gasteiger partial charge in [0.05, 0.1) is 11.3 Å².